The molecule has 6 heteroatoms. The zero-order valence-electron chi connectivity index (χ0n) is 11.5. The Hall–Kier alpha value is -1.17. The summed E-state index contributed by atoms with van der Waals surface area (Å²) in [5.41, 5.74) is -0.589. The minimum Gasteiger partial charge on any atom is -0.325 e. The molecule has 112 valence electrons. The predicted molar refractivity (Wildman–Crippen MR) is 76.9 cm³/mol. The first-order chi connectivity index (χ1) is 9.34. The number of thioether (sulfide) groups is 1. The van der Waals surface area contributed by atoms with Crippen molar-refractivity contribution in [1.82, 2.24) is 0 Å². The van der Waals surface area contributed by atoms with E-state index in [4.69, 9.17) is 0 Å². The van der Waals surface area contributed by atoms with Crippen LogP contribution in [0.2, 0.25) is 0 Å². The Balaban J connectivity index is 2.62. The van der Waals surface area contributed by atoms with Crippen LogP contribution in [0, 0.1) is 0 Å². The lowest BCUT2D eigenvalue weighted by Gasteiger charge is -2.13. The quantitative estimate of drug-likeness (QED) is 0.780. The fourth-order valence-electron chi connectivity index (χ4n) is 1.50. The Bertz CT molecular complexity index is 448. The summed E-state index contributed by atoms with van der Waals surface area (Å²) >= 11 is 1.50. The zero-order chi connectivity index (χ0) is 15.2. The second-order valence-electron chi connectivity index (χ2n) is 4.43. The van der Waals surface area contributed by atoms with E-state index in [0.29, 0.717) is 0 Å². The van der Waals surface area contributed by atoms with Gasteiger partial charge in [-0.3, -0.25) is 4.79 Å². The third-order valence-corrected chi connectivity index (χ3v) is 3.93. The molecule has 0 aliphatic carbocycles. The molecule has 0 bridgehead atoms. The van der Waals surface area contributed by atoms with Gasteiger partial charge in [0.1, 0.15) is 0 Å². The van der Waals surface area contributed by atoms with Gasteiger partial charge in [-0.25, -0.2) is 0 Å². The molecular formula is C14H18F3NOS. The SMILES string of the molecule is CCCCSC(C)C(=O)Nc1cccc(C(F)(F)F)c1. The highest BCUT2D eigenvalue weighted by Crippen LogP contribution is 2.30. The van der Waals surface area contributed by atoms with E-state index in [1.807, 2.05) is 0 Å². The van der Waals surface area contributed by atoms with Gasteiger partial charge in [-0.15, -0.1) is 11.8 Å². The third-order valence-electron chi connectivity index (χ3n) is 2.69. The maximum Gasteiger partial charge on any atom is 0.416 e. The molecule has 1 aromatic carbocycles. The largest absolute Gasteiger partial charge is 0.416 e. The molecular weight excluding hydrogens is 287 g/mol. The minimum absolute atomic E-state index is 0.174. The summed E-state index contributed by atoms with van der Waals surface area (Å²) in [7, 11) is 0. The van der Waals surface area contributed by atoms with E-state index in [1.54, 1.807) is 6.92 Å². The molecule has 0 radical (unpaired) electrons. The number of rotatable bonds is 6. The van der Waals surface area contributed by atoms with Crippen LogP contribution in [0.1, 0.15) is 32.3 Å². The van der Waals surface area contributed by atoms with Crippen LogP contribution >= 0.6 is 11.8 Å². The van der Waals surface area contributed by atoms with Crippen molar-refractivity contribution in [2.75, 3.05) is 11.1 Å². The summed E-state index contributed by atoms with van der Waals surface area (Å²) in [6, 6.07) is 4.67. The summed E-state index contributed by atoms with van der Waals surface area (Å²) in [5.74, 6) is 0.596. The highest BCUT2D eigenvalue weighted by atomic mass is 32.2. The number of hydrogen-bond acceptors (Lipinski definition) is 2. The fourth-order valence-corrected chi connectivity index (χ4v) is 2.52. The first-order valence-electron chi connectivity index (χ1n) is 6.44. The van der Waals surface area contributed by atoms with Crippen LogP contribution in [-0.2, 0) is 11.0 Å². The molecule has 20 heavy (non-hydrogen) atoms. The summed E-state index contributed by atoms with van der Waals surface area (Å²) in [4.78, 5) is 11.9. The van der Waals surface area contributed by atoms with E-state index < -0.39 is 11.7 Å². The van der Waals surface area contributed by atoms with Crippen LogP contribution < -0.4 is 5.32 Å². The van der Waals surface area contributed by atoms with E-state index >= 15 is 0 Å². The van der Waals surface area contributed by atoms with Gasteiger partial charge in [0.15, 0.2) is 0 Å². The number of benzene rings is 1. The van der Waals surface area contributed by atoms with Gasteiger partial charge in [-0.1, -0.05) is 19.4 Å². The van der Waals surface area contributed by atoms with Gasteiger partial charge in [0, 0.05) is 5.69 Å². The number of anilines is 1. The van der Waals surface area contributed by atoms with Gasteiger partial charge in [-0.05, 0) is 37.3 Å². The van der Waals surface area contributed by atoms with Crippen molar-refractivity contribution in [2.24, 2.45) is 0 Å². The average Bonchev–Trinajstić information content (AvgIpc) is 2.38. The van der Waals surface area contributed by atoms with E-state index in [0.717, 1.165) is 30.7 Å². The van der Waals surface area contributed by atoms with Gasteiger partial charge in [-0.2, -0.15) is 13.2 Å². The van der Waals surface area contributed by atoms with Crippen molar-refractivity contribution in [3.8, 4) is 0 Å². The maximum absolute atomic E-state index is 12.6. The number of nitrogens with one attached hydrogen (secondary N) is 1. The molecule has 0 spiro atoms. The van der Waals surface area contributed by atoms with Crippen LogP contribution in [0.5, 0.6) is 0 Å². The van der Waals surface area contributed by atoms with Crippen LogP contribution in [0.15, 0.2) is 24.3 Å². The van der Waals surface area contributed by atoms with Crippen molar-refractivity contribution < 1.29 is 18.0 Å². The van der Waals surface area contributed by atoms with E-state index in [9.17, 15) is 18.0 Å². The first kappa shape index (κ1) is 16.9. The van der Waals surface area contributed by atoms with Crippen molar-refractivity contribution in [3.63, 3.8) is 0 Å². The number of carbonyl (C=O) groups is 1. The lowest BCUT2D eigenvalue weighted by Crippen LogP contribution is -2.23. The first-order valence-corrected chi connectivity index (χ1v) is 7.49. The molecule has 0 heterocycles. The number of unbranched alkanes of at least 4 members (excludes halogenated alkanes) is 1. The standard InChI is InChI=1S/C14H18F3NOS/c1-3-4-8-20-10(2)13(19)18-12-7-5-6-11(9-12)14(15,16)17/h5-7,9-10H,3-4,8H2,1-2H3,(H,18,19). The van der Waals surface area contributed by atoms with Crippen LogP contribution in [0.25, 0.3) is 0 Å². The summed E-state index contributed by atoms with van der Waals surface area (Å²) in [6.45, 7) is 3.82. The highest BCUT2D eigenvalue weighted by molar-refractivity contribution is 8.00. The monoisotopic (exact) mass is 305 g/mol. The van der Waals surface area contributed by atoms with E-state index in [2.05, 4.69) is 12.2 Å². The van der Waals surface area contributed by atoms with Crippen LogP contribution in [0.4, 0.5) is 18.9 Å². The average molecular weight is 305 g/mol. The van der Waals surface area contributed by atoms with Crippen molar-refractivity contribution in [2.45, 2.75) is 38.1 Å². The van der Waals surface area contributed by atoms with Gasteiger partial charge in [0.2, 0.25) is 5.91 Å². The Morgan fingerprint density at radius 1 is 1.40 bits per heavy atom. The Morgan fingerprint density at radius 3 is 2.70 bits per heavy atom. The molecule has 1 amide bonds. The fraction of sp³-hybridized carbons (Fsp3) is 0.500. The Kier molecular flexibility index (Phi) is 6.39. The Labute approximate surface area is 121 Å². The molecule has 1 rings (SSSR count). The summed E-state index contributed by atoms with van der Waals surface area (Å²) in [5, 5.41) is 2.24. The molecule has 0 fully saturated rings. The van der Waals surface area contributed by atoms with Crippen molar-refractivity contribution in [3.05, 3.63) is 29.8 Å². The summed E-state index contributed by atoms with van der Waals surface area (Å²) in [6.07, 6.45) is -2.33. The van der Waals surface area contributed by atoms with Gasteiger partial charge in [0.25, 0.3) is 0 Å². The molecule has 1 N–H and O–H groups in total. The van der Waals surface area contributed by atoms with Crippen LogP contribution in [-0.4, -0.2) is 16.9 Å². The van der Waals surface area contributed by atoms with E-state index in [1.165, 1.54) is 23.9 Å². The van der Waals surface area contributed by atoms with Crippen LogP contribution in [0.3, 0.4) is 0 Å². The zero-order valence-corrected chi connectivity index (χ0v) is 12.3. The minimum atomic E-state index is -4.40. The topological polar surface area (TPSA) is 29.1 Å². The van der Waals surface area contributed by atoms with Gasteiger partial charge in [0.05, 0.1) is 10.8 Å². The third kappa shape index (κ3) is 5.45. The normalized spacial score (nSPS) is 13.1. The molecule has 0 saturated carbocycles. The lowest BCUT2D eigenvalue weighted by molar-refractivity contribution is -0.137. The molecule has 0 saturated heterocycles. The Morgan fingerprint density at radius 2 is 2.10 bits per heavy atom. The van der Waals surface area contributed by atoms with Gasteiger partial charge < -0.3 is 5.32 Å². The molecule has 0 aromatic heterocycles. The number of alkyl halides is 3. The molecule has 0 aliphatic heterocycles. The van der Waals surface area contributed by atoms with Crippen molar-refractivity contribution in [1.29, 1.82) is 0 Å². The number of halogens is 3. The van der Waals surface area contributed by atoms with Gasteiger partial charge >= 0.3 is 6.18 Å². The molecule has 1 unspecified atom stereocenters. The number of hydrogen-bond donors (Lipinski definition) is 1. The maximum atomic E-state index is 12.6. The molecule has 0 aliphatic rings. The second-order valence-corrected chi connectivity index (χ2v) is 5.88. The second kappa shape index (κ2) is 7.57. The number of amides is 1. The van der Waals surface area contributed by atoms with Crippen molar-refractivity contribution >= 4 is 23.4 Å². The smallest absolute Gasteiger partial charge is 0.325 e. The summed E-state index contributed by atoms with van der Waals surface area (Å²) < 4.78 is 37.7. The number of carbonyl (C=O) groups excluding carboxylic acids is 1. The van der Waals surface area contributed by atoms with E-state index in [-0.39, 0.29) is 16.8 Å². The highest BCUT2D eigenvalue weighted by Gasteiger charge is 2.30. The molecule has 2 nitrogen and oxygen atoms in total. The molecule has 1 aromatic rings. The lowest BCUT2D eigenvalue weighted by atomic mass is 10.2. The predicted octanol–water partition coefficient (Wildman–Crippen LogP) is 4.57. The molecule has 1 atom stereocenters.